The first-order valence-electron chi connectivity index (χ1n) is 7.39. The van der Waals surface area contributed by atoms with E-state index in [1.807, 2.05) is 0 Å². The predicted octanol–water partition coefficient (Wildman–Crippen LogP) is 6.88. The monoisotopic (exact) mass is 394 g/mol. The summed E-state index contributed by atoms with van der Waals surface area (Å²) >= 11 is 9.22. The SMILES string of the molecule is CC(C)[Si](Oc1cc(Br)c(F)cc1CCl)(C(C)C)C(C)C. The molecule has 0 N–H and O–H groups in total. The Morgan fingerprint density at radius 3 is 1.95 bits per heavy atom. The molecule has 0 aliphatic carbocycles. The van der Waals surface area contributed by atoms with Crippen molar-refractivity contribution >= 4 is 35.8 Å². The molecule has 0 saturated carbocycles. The normalized spacial score (nSPS) is 12.6. The maximum atomic E-state index is 13.7. The van der Waals surface area contributed by atoms with Crippen molar-refractivity contribution in [2.75, 3.05) is 0 Å². The van der Waals surface area contributed by atoms with E-state index in [1.54, 1.807) is 6.07 Å². The average molecular weight is 396 g/mol. The minimum Gasteiger partial charge on any atom is -0.542 e. The molecule has 0 saturated heterocycles. The molecular formula is C16H25BrClFOSi. The first kappa shape index (κ1) is 19.0. The molecule has 0 atom stereocenters. The van der Waals surface area contributed by atoms with E-state index in [4.69, 9.17) is 16.0 Å². The van der Waals surface area contributed by atoms with Crippen molar-refractivity contribution in [1.29, 1.82) is 0 Å². The molecule has 0 radical (unpaired) electrons. The highest BCUT2D eigenvalue weighted by Crippen LogP contribution is 2.44. The van der Waals surface area contributed by atoms with E-state index in [0.717, 1.165) is 11.3 Å². The quantitative estimate of drug-likeness (QED) is 0.376. The van der Waals surface area contributed by atoms with Crippen LogP contribution in [-0.2, 0) is 5.88 Å². The van der Waals surface area contributed by atoms with Crippen LogP contribution in [0.3, 0.4) is 0 Å². The molecule has 0 fully saturated rings. The largest absolute Gasteiger partial charge is 0.542 e. The van der Waals surface area contributed by atoms with Crippen molar-refractivity contribution in [2.24, 2.45) is 0 Å². The van der Waals surface area contributed by atoms with E-state index in [2.05, 4.69) is 57.5 Å². The summed E-state index contributed by atoms with van der Waals surface area (Å²) in [7, 11) is -2.06. The zero-order valence-electron chi connectivity index (χ0n) is 13.6. The molecule has 0 spiro atoms. The maximum Gasteiger partial charge on any atom is 0.258 e. The van der Waals surface area contributed by atoms with Gasteiger partial charge in [-0.15, -0.1) is 11.6 Å². The van der Waals surface area contributed by atoms with E-state index in [0.29, 0.717) is 21.1 Å². The van der Waals surface area contributed by atoms with E-state index >= 15 is 0 Å². The maximum absolute atomic E-state index is 13.7. The highest BCUT2D eigenvalue weighted by atomic mass is 79.9. The molecule has 0 heterocycles. The molecule has 1 rings (SSSR count). The van der Waals surface area contributed by atoms with Gasteiger partial charge in [-0.2, -0.15) is 0 Å². The second-order valence-corrected chi connectivity index (χ2v) is 12.9. The minimum atomic E-state index is -2.06. The second-order valence-electron chi connectivity index (χ2n) is 6.43. The third-order valence-electron chi connectivity index (χ3n) is 4.24. The third kappa shape index (κ3) is 3.83. The zero-order valence-corrected chi connectivity index (χ0v) is 17.0. The van der Waals surface area contributed by atoms with Crippen LogP contribution in [0.15, 0.2) is 16.6 Å². The fourth-order valence-electron chi connectivity index (χ4n) is 3.31. The summed E-state index contributed by atoms with van der Waals surface area (Å²) in [6.07, 6.45) is 0. The lowest BCUT2D eigenvalue weighted by atomic mass is 10.2. The molecular weight excluding hydrogens is 371 g/mol. The Bertz CT molecular complexity index is 470. The number of hydrogen-bond acceptors (Lipinski definition) is 1. The van der Waals surface area contributed by atoms with Gasteiger partial charge in [0.2, 0.25) is 0 Å². The van der Waals surface area contributed by atoms with Crippen LogP contribution < -0.4 is 4.43 Å². The molecule has 0 amide bonds. The molecule has 0 aliphatic rings. The molecule has 1 nitrogen and oxygen atoms in total. The molecule has 5 heteroatoms. The molecule has 0 aromatic heterocycles. The first-order chi connectivity index (χ1) is 9.66. The number of benzene rings is 1. The Balaban J connectivity index is 3.36. The van der Waals surface area contributed by atoms with Crippen LogP contribution in [-0.4, -0.2) is 8.32 Å². The smallest absolute Gasteiger partial charge is 0.258 e. The molecule has 21 heavy (non-hydrogen) atoms. The summed E-state index contributed by atoms with van der Waals surface area (Å²) in [5.41, 5.74) is 2.11. The van der Waals surface area contributed by atoms with Gasteiger partial charge < -0.3 is 4.43 Å². The molecule has 0 unspecified atom stereocenters. The van der Waals surface area contributed by atoms with Gasteiger partial charge in [-0.3, -0.25) is 0 Å². The lowest BCUT2D eigenvalue weighted by molar-refractivity contribution is 0.474. The van der Waals surface area contributed by atoms with Crippen molar-refractivity contribution in [3.63, 3.8) is 0 Å². The van der Waals surface area contributed by atoms with Gasteiger partial charge in [0.05, 0.1) is 10.4 Å². The fraction of sp³-hybridized carbons (Fsp3) is 0.625. The van der Waals surface area contributed by atoms with E-state index in [9.17, 15) is 4.39 Å². The van der Waals surface area contributed by atoms with E-state index < -0.39 is 8.32 Å². The number of hydrogen-bond donors (Lipinski definition) is 0. The summed E-state index contributed by atoms with van der Waals surface area (Å²) < 4.78 is 20.7. The predicted molar refractivity (Wildman–Crippen MR) is 95.3 cm³/mol. The van der Waals surface area contributed by atoms with Gasteiger partial charge in [-0.1, -0.05) is 41.5 Å². The number of rotatable bonds is 6. The van der Waals surface area contributed by atoms with Crippen LogP contribution in [0.25, 0.3) is 0 Å². The molecule has 120 valence electrons. The molecule has 0 aliphatic heterocycles. The van der Waals surface area contributed by atoms with Crippen LogP contribution in [0.2, 0.25) is 16.6 Å². The van der Waals surface area contributed by atoms with Gasteiger partial charge in [-0.05, 0) is 44.7 Å². The van der Waals surface area contributed by atoms with Crippen LogP contribution >= 0.6 is 27.5 Å². The molecule has 0 bridgehead atoms. The van der Waals surface area contributed by atoms with Crippen LogP contribution in [0.4, 0.5) is 4.39 Å². The van der Waals surface area contributed by atoms with Crippen molar-refractivity contribution < 1.29 is 8.82 Å². The van der Waals surface area contributed by atoms with Crippen molar-refractivity contribution in [3.8, 4) is 5.75 Å². The Kier molecular flexibility index (Phi) is 6.75. The number of halogens is 3. The highest BCUT2D eigenvalue weighted by molar-refractivity contribution is 9.10. The lowest BCUT2D eigenvalue weighted by Gasteiger charge is -2.42. The van der Waals surface area contributed by atoms with Crippen molar-refractivity contribution in [3.05, 3.63) is 28.0 Å². The molecule has 1 aromatic carbocycles. The average Bonchev–Trinajstić information content (AvgIpc) is 2.38. The van der Waals surface area contributed by atoms with E-state index in [1.165, 1.54) is 6.07 Å². The standard InChI is InChI=1S/C16H25BrClFOSi/c1-10(2)21(11(3)4,12(5)6)20-16-8-14(17)15(19)7-13(16)9-18/h7-8,10-12H,9H2,1-6H3. The Hall–Kier alpha value is -0.0631. The zero-order chi connectivity index (χ0) is 16.4. The Morgan fingerprint density at radius 2 is 1.57 bits per heavy atom. The van der Waals surface area contributed by atoms with Crippen molar-refractivity contribution in [2.45, 2.75) is 64.0 Å². The van der Waals surface area contributed by atoms with Gasteiger partial charge in [0.15, 0.2) is 0 Å². The van der Waals surface area contributed by atoms with Crippen LogP contribution in [0.1, 0.15) is 47.1 Å². The molecule has 1 aromatic rings. The highest BCUT2D eigenvalue weighted by Gasteiger charge is 2.47. The summed E-state index contributed by atoms with van der Waals surface area (Å²) in [4.78, 5) is 0. The van der Waals surface area contributed by atoms with Gasteiger partial charge in [0.25, 0.3) is 8.32 Å². The van der Waals surface area contributed by atoms with Crippen molar-refractivity contribution in [1.82, 2.24) is 0 Å². The van der Waals surface area contributed by atoms with Gasteiger partial charge >= 0.3 is 0 Å². The summed E-state index contributed by atoms with van der Waals surface area (Å²) in [6, 6.07) is 3.19. The third-order valence-corrected chi connectivity index (χ3v) is 11.1. The van der Waals surface area contributed by atoms with Crippen LogP contribution in [0.5, 0.6) is 5.75 Å². The van der Waals surface area contributed by atoms with Gasteiger partial charge in [0.1, 0.15) is 11.6 Å². The first-order valence-corrected chi connectivity index (χ1v) is 10.9. The van der Waals surface area contributed by atoms with E-state index in [-0.39, 0.29) is 11.7 Å². The summed E-state index contributed by atoms with van der Waals surface area (Å²) in [5.74, 6) is 0.670. The Morgan fingerprint density at radius 1 is 1.10 bits per heavy atom. The second kappa shape index (κ2) is 7.47. The lowest BCUT2D eigenvalue weighted by Crippen LogP contribution is -2.50. The topological polar surface area (TPSA) is 9.23 Å². The number of alkyl halides is 1. The Labute approximate surface area is 142 Å². The minimum absolute atomic E-state index is 0.248. The van der Waals surface area contributed by atoms with Crippen LogP contribution in [0, 0.1) is 5.82 Å². The summed E-state index contributed by atoms with van der Waals surface area (Å²) in [5, 5.41) is 0. The summed E-state index contributed by atoms with van der Waals surface area (Å²) in [6.45, 7) is 13.4. The van der Waals surface area contributed by atoms with Gasteiger partial charge in [0, 0.05) is 5.56 Å². The fourth-order valence-corrected chi connectivity index (χ4v) is 9.12. The van der Waals surface area contributed by atoms with Gasteiger partial charge in [-0.25, -0.2) is 4.39 Å².